The maximum absolute atomic E-state index is 12.9. The molecular weight excluding hydrogens is 376 g/mol. The number of anilines is 3. The molecule has 1 aliphatic rings. The van der Waals surface area contributed by atoms with Crippen molar-refractivity contribution in [2.75, 3.05) is 23.9 Å². The van der Waals surface area contributed by atoms with Gasteiger partial charge in [0, 0.05) is 23.4 Å². The molecule has 0 unspecified atom stereocenters. The van der Waals surface area contributed by atoms with E-state index < -0.39 is 0 Å². The summed E-state index contributed by atoms with van der Waals surface area (Å²) in [6, 6.07) is 21.3. The second kappa shape index (κ2) is 8.41. The molecule has 0 spiro atoms. The molecule has 0 fully saturated rings. The molecule has 0 aromatic heterocycles. The summed E-state index contributed by atoms with van der Waals surface area (Å²) in [5.74, 6) is 0.392. The van der Waals surface area contributed by atoms with Crippen molar-refractivity contribution in [2.45, 2.75) is 19.8 Å². The van der Waals surface area contributed by atoms with E-state index in [0.717, 1.165) is 24.3 Å². The number of rotatable bonds is 6. The highest BCUT2D eigenvalue weighted by molar-refractivity contribution is 5.98. The average Bonchev–Trinajstić information content (AvgIpc) is 3.18. The van der Waals surface area contributed by atoms with Gasteiger partial charge in [-0.2, -0.15) is 0 Å². The van der Waals surface area contributed by atoms with Crippen molar-refractivity contribution in [3.05, 3.63) is 83.4 Å². The molecule has 5 nitrogen and oxygen atoms in total. The third kappa shape index (κ3) is 3.92. The normalized spacial score (nSPS) is 12.4. The van der Waals surface area contributed by atoms with Gasteiger partial charge in [0.15, 0.2) is 5.78 Å². The molecule has 0 bridgehead atoms. The first-order chi connectivity index (χ1) is 14.6. The Balaban J connectivity index is 1.57. The van der Waals surface area contributed by atoms with Crippen molar-refractivity contribution in [3.63, 3.8) is 0 Å². The van der Waals surface area contributed by atoms with E-state index in [1.165, 1.54) is 18.2 Å². The largest absolute Gasteiger partial charge is 0.496 e. The van der Waals surface area contributed by atoms with Crippen molar-refractivity contribution < 1.29 is 14.3 Å². The van der Waals surface area contributed by atoms with Crippen LogP contribution in [0.4, 0.5) is 17.1 Å². The van der Waals surface area contributed by atoms with Crippen LogP contribution in [0.1, 0.15) is 28.4 Å². The number of amides is 1. The highest BCUT2D eigenvalue weighted by atomic mass is 16.5. The summed E-state index contributed by atoms with van der Waals surface area (Å²) in [6.07, 6.45) is 1.10. The number of hydrogen-bond donors (Lipinski definition) is 1. The fourth-order valence-electron chi connectivity index (χ4n) is 3.91. The maximum atomic E-state index is 12.9. The summed E-state index contributed by atoms with van der Waals surface area (Å²) in [5.41, 5.74) is 5.47. The summed E-state index contributed by atoms with van der Waals surface area (Å²) in [6.45, 7) is 2.39. The first-order valence-corrected chi connectivity index (χ1v) is 9.99. The minimum atomic E-state index is -0.158. The number of ether oxygens (including phenoxy) is 1. The second-order valence-electron chi connectivity index (χ2n) is 7.36. The first-order valence-electron chi connectivity index (χ1n) is 9.99. The van der Waals surface area contributed by atoms with Gasteiger partial charge in [0.25, 0.3) is 0 Å². The van der Waals surface area contributed by atoms with Crippen LogP contribution >= 0.6 is 0 Å². The minimum absolute atomic E-state index is 0.0441. The molecule has 3 aromatic rings. The average molecular weight is 400 g/mol. The minimum Gasteiger partial charge on any atom is -0.496 e. The second-order valence-corrected chi connectivity index (χ2v) is 7.36. The topological polar surface area (TPSA) is 58.6 Å². The van der Waals surface area contributed by atoms with Crippen molar-refractivity contribution in [3.8, 4) is 5.75 Å². The molecule has 0 aliphatic carbocycles. The zero-order chi connectivity index (χ0) is 21.1. The number of benzene rings is 3. The van der Waals surface area contributed by atoms with Gasteiger partial charge in [-0.25, -0.2) is 0 Å². The molecule has 152 valence electrons. The number of methoxy groups -OCH3 is 1. The van der Waals surface area contributed by atoms with Crippen molar-refractivity contribution in [1.82, 2.24) is 0 Å². The number of carbonyl (C=O) groups excluding carboxylic acids is 2. The number of carbonyl (C=O) groups is 2. The standard InChI is InChI=1S/C25H24N2O3/c1-17(28)19-11-12-24(30-2)20(15-19)16-25(29)26-21-8-4-6-10-23(21)27-14-13-18-7-3-5-9-22(18)27/h3-12,15H,13-14,16H2,1-2H3,(H,26,29). The number of fused-ring (bicyclic) bond motifs is 1. The molecule has 0 saturated heterocycles. The molecule has 3 aromatic carbocycles. The van der Waals surface area contributed by atoms with Crippen LogP contribution in [-0.2, 0) is 17.6 Å². The van der Waals surface area contributed by atoms with Crippen LogP contribution in [-0.4, -0.2) is 25.3 Å². The molecule has 0 radical (unpaired) electrons. The summed E-state index contributed by atoms with van der Waals surface area (Å²) < 4.78 is 5.38. The van der Waals surface area contributed by atoms with Crippen LogP contribution in [0, 0.1) is 0 Å². The number of hydrogen-bond acceptors (Lipinski definition) is 4. The Kier molecular flexibility index (Phi) is 5.53. The lowest BCUT2D eigenvalue weighted by Crippen LogP contribution is -2.19. The Morgan fingerprint density at radius 2 is 1.73 bits per heavy atom. The van der Waals surface area contributed by atoms with Crippen LogP contribution in [0.5, 0.6) is 5.75 Å². The number of ketones is 1. The fourth-order valence-corrected chi connectivity index (χ4v) is 3.91. The lowest BCUT2D eigenvalue weighted by atomic mass is 10.0. The van der Waals surface area contributed by atoms with E-state index in [4.69, 9.17) is 4.74 Å². The van der Waals surface area contributed by atoms with Crippen LogP contribution in [0.25, 0.3) is 0 Å². The fraction of sp³-hybridized carbons (Fsp3) is 0.200. The van der Waals surface area contributed by atoms with E-state index in [9.17, 15) is 9.59 Å². The smallest absolute Gasteiger partial charge is 0.228 e. The van der Waals surface area contributed by atoms with Gasteiger partial charge < -0.3 is 15.0 Å². The lowest BCUT2D eigenvalue weighted by molar-refractivity contribution is -0.115. The van der Waals surface area contributed by atoms with Crippen LogP contribution in [0.2, 0.25) is 0 Å². The number of Topliss-reactive ketones (excluding diaryl/α,β-unsaturated/α-hetero) is 1. The third-order valence-corrected chi connectivity index (χ3v) is 5.39. The molecule has 1 aliphatic heterocycles. The highest BCUT2D eigenvalue weighted by Crippen LogP contribution is 2.38. The summed E-state index contributed by atoms with van der Waals surface area (Å²) in [7, 11) is 1.56. The molecule has 1 heterocycles. The quantitative estimate of drug-likeness (QED) is 0.606. The summed E-state index contributed by atoms with van der Waals surface area (Å²) >= 11 is 0. The molecule has 5 heteroatoms. The van der Waals surface area contributed by atoms with Crippen molar-refractivity contribution in [2.24, 2.45) is 0 Å². The van der Waals surface area contributed by atoms with Crippen molar-refractivity contribution in [1.29, 1.82) is 0 Å². The van der Waals surface area contributed by atoms with Crippen LogP contribution < -0.4 is 15.0 Å². The highest BCUT2D eigenvalue weighted by Gasteiger charge is 2.22. The Hall–Kier alpha value is -3.60. The van der Waals surface area contributed by atoms with Gasteiger partial charge in [-0.05, 0) is 55.3 Å². The van der Waals surface area contributed by atoms with Gasteiger partial charge >= 0.3 is 0 Å². The summed E-state index contributed by atoms with van der Waals surface area (Å²) in [4.78, 5) is 26.8. The molecule has 0 saturated carbocycles. The monoisotopic (exact) mass is 400 g/mol. The van der Waals surface area contributed by atoms with Gasteiger partial charge in [0.05, 0.1) is 24.9 Å². The Morgan fingerprint density at radius 1 is 1.00 bits per heavy atom. The number of para-hydroxylation sites is 3. The first kappa shape index (κ1) is 19.7. The van der Waals surface area contributed by atoms with Crippen LogP contribution in [0.15, 0.2) is 66.7 Å². The molecular formula is C25H24N2O3. The van der Waals surface area contributed by atoms with Crippen LogP contribution in [0.3, 0.4) is 0 Å². The van der Waals surface area contributed by atoms with E-state index >= 15 is 0 Å². The van der Waals surface area contributed by atoms with Gasteiger partial charge in [-0.15, -0.1) is 0 Å². The van der Waals surface area contributed by atoms with Gasteiger partial charge in [0.1, 0.15) is 5.75 Å². The predicted octanol–water partition coefficient (Wildman–Crippen LogP) is 4.77. The van der Waals surface area contributed by atoms with E-state index in [0.29, 0.717) is 16.9 Å². The van der Waals surface area contributed by atoms with E-state index in [1.54, 1.807) is 25.3 Å². The zero-order valence-electron chi connectivity index (χ0n) is 17.1. The van der Waals surface area contributed by atoms with E-state index in [2.05, 4.69) is 28.4 Å². The molecule has 1 amide bonds. The number of nitrogens with zero attached hydrogens (tertiary/aromatic N) is 1. The van der Waals surface area contributed by atoms with Gasteiger partial charge in [-0.3, -0.25) is 9.59 Å². The predicted molar refractivity (Wildman–Crippen MR) is 119 cm³/mol. The zero-order valence-corrected chi connectivity index (χ0v) is 17.1. The summed E-state index contributed by atoms with van der Waals surface area (Å²) in [5, 5.41) is 3.05. The molecule has 30 heavy (non-hydrogen) atoms. The van der Waals surface area contributed by atoms with Gasteiger partial charge in [0.2, 0.25) is 5.91 Å². The Bertz CT molecular complexity index is 1110. The lowest BCUT2D eigenvalue weighted by Gasteiger charge is -2.23. The maximum Gasteiger partial charge on any atom is 0.228 e. The van der Waals surface area contributed by atoms with Crippen molar-refractivity contribution >= 4 is 28.8 Å². The molecule has 0 atom stereocenters. The third-order valence-electron chi connectivity index (χ3n) is 5.39. The Labute approximate surface area is 176 Å². The molecule has 4 rings (SSSR count). The van der Waals surface area contributed by atoms with E-state index in [1.807, 2.05) is 30.3 Å². The van der Waals surface area contributed by atoms with Gasteiger partial charge in [-0.1, -0.05) is 30.3 Å². The number of nitrogens with one attached hydrogen (secondary N) is 1. The molecule has 1 N–H and O–H groups in total. The Morgan fingerprint density at radius 3 is 2.50 bits per heavy atom. The van der Waals surface area contributed by atoms with E-state index in [-0.39, 0.29) is 18.1 Å². The SMILES string of the molecule is COc1ccc(C(C)=O)cc1CC(=O)Nc1ccccc1N1CCc2ccccc21.